The molecular weight excluding hydrogens is 162 g/mol. The Kier molecular flexibility index (Phi) is 2.50. The van der Waals surface area contributed by atoms with Gasteiger partial charge in [-0.05, 0) is 31.6 Å². The van der Waals surface area contributed by atoms with Gasteiger partial charge in [-0.1, -0.05) is 25.7 Å². The van der Waals surface area contributed by atoms with E-state index in [0.717, 1.165) is 12.8 Å². The Bertz CT molecular complexity index is 218. The molecule has 2 nitrogen and oxygen atoms in total. The van der Waals surface area contributed by atoms with Crippen LogP contribution >= 0.6 is 0 Å². The summed E-state index contributed by atoms with van der Waals surface area (Å²) in [6, 6.07) is 0. The fourth-order valence-corrected chi connectivity index (χ4v) is 3.15. The van der Waals surface area contributed by atoms with Crippen LogP contribution in [0.5, 0.6) is 0 Å². The molecule has 0 radical (unpaired) electrons. The molecule has 0 aromatic carbocycles. The Balaban J connectivity index is 2.20. The maximum Gasteiger partial charge on any atom is 0.235 e. The summed E-state index contributed by atoms with van der Waals surface area (Å²) in [5.41, 5.74) is 0.0260. The molecule has 0 N–H and O–H groups in total. The van der Waals surface area contributed by atoms with Crippen molar-refractivity contribution < 1.29 is 4.79 Å². The van der Waals surface area contributed by atoms with Gasteiger partial charge in [0.05, 0.1) is 5.54 Å². The molecule has 2 aliphatic carbocycles. The van der Waals surface area contributed by atoms with E-state index in [1.165, 1.54) is 38.5 Å². The quantitative estimate of drug-likeness (QED) is 0.449. The number of rotatable bonds is 1. The van der Waals surface area contributed by atoms with Gasteiger partial charge in [-0.15, -0.1) is 0 Å². The lowest BCUT2D eigenvalue weighted by atomic mass is 9.65. The maximum atomic E-state index is 10.4. The van der Waals surface area contributed by atoms with Gasteiger partial charge < -0.3 is 0 Å². The standard InChI is InChI=1S/C11H17NO/c13-9-12-11-7-3-1-5-10(11)6-2-4-8-11/h10H,1-8H2. The van der Waals surface area contributed by atoms with Crippen LogP contribution in [-0.2, 0) is 4.79 Å². The molecule has 0 heterocycles. The van der Waals surface area contributed by atoms with Crippen molar-refractivity contribution >= 4 is 6.08 Å². The Hall–Kier alpha value is -0.620. The van der Waals surface area contributed by atoms with Crippen LogP contribution in [0.1, 0.15) is 51.4 Å². The van der Waals surface area contributed by atoms with Gasteiger partial charge in [-0.25, -0.2) is 4.79 Å². The van der Waals surface area contributed by atoms with Crippen LogP contribution in [0.4, 0.5) is 0 Å². The van der Waals surface area contributed by atoms with Crippen molar-refractivity contribution in [2.24, 2.45) is 10.9 Å². The van der Waals surface area contributed by atoms with E-state index in [4.69, 9.17) is 0 Å². The maximum absolute atomic E-state index is 10.4. The van der Waals surface area contributed by atoms with Crippen molar-refractivity contribution in [2.75, 3.05) is 0 Å². The van der Waals surface area contributed by atoms with Gasteiger partial charge in [0.15, 0.2) is 0 Å². The molecule has 0 aromatic rings. The van der Waals surface area contributed by atoms with Crippen LogP contribution in [0.3, 0.4) is 0 Å². The zero-order valence-electron chi connectivity index (χ0n) is 8.09. The van der Waals surface area contributed by atoms with Crippen molar-refractivity contribution in [3.63, 3.8) is 0 Å². The van der Waals surface area contributed by atoms with E-state index in [0.29, 0.717) is 5.92 Å². The second-order valence-electron chi connectivity index (χ2n) is 4.50. The summed E-state index contributed by atoms with van der Waals surface area (Å²) < 4.78 is 0. The minimum atomic E-state index is 0.0260. The number of hydrogen-bond donors (Lipinski definition) is 0. The lowest BCUT2D eigenvalue weighted by molar-refractivity contribution is 0.133. The molecule has 2 saturated carbocycles. The Morgan fingerprint density at radius 1 is 1.08 bits per heavy atom. The van der Waals surface area contributed by atoms with E-state index >= 15 is 0 Å². The number of fused-ring (bicyclic) bond motifs is 1. The molecule has 0 saturated heterocycles. The molecular formula is C11H17NO. The normalized spacial score (nSPS) is 38.9. The molecule has 13 heavy (non-hydrogen) atoms. The smallest absolute Gasteiger partial charge is 0.211 e. The van der Waals surface area contributed by atoms with Crippen LogP contribution in [0.15, 0.2) is 4.99 Å². The first-order valence-electron chi connectivity index (χ1n) is 5.46. The highest BCUT2D eigenvalue weighted by Gasteiger charge is 2.42. The fraction of sp³-hybridized carbons (Fsp3) is 0.909. The Morgan fingerprint density at radius 2 is 1.69 bits per heavy atom. The monoisotopic (exact) mass is 179 g/mol. The number of isocyanates is 1. The number of aliphatic imine (C=N–C) groups is 1. The van der Waals surface area contributed by atoms with Crippen LogP contribution < -0.4 is 0 Å². The van der Waals surface area contributed by atoms with Gasteiger partial charge in [0, 0.05) is 0 Å². The minimum Gasteiger partial charge on any atom is -0.211 e. The average molecular weight is 179 g/mol. The van der Waals surface area contributed by atoms with Gasteiger partial charge in [0.1, 0.15) is 0 Å². The van der Waals surface area contributed by atoms with Gasteiger partial charge in [0.25, 0.3) is 0 Å². The van der Waals surface area contributed by atoms with Gasteiger partial charge in [0.2, 0.25) is 6.08 Å². The summed E-state index contributed by atoms with van der Waals surface area (Å²) in [6.45, 7) is 0. The highest BCUT2D eigenvalue weighted by Crippen LogP contribution is 2.46. The molecule has 0 bridgehead atoms. The second kappa shape index (κ2) is 3.63. The Morgan fingerprint density at radius 3 is 2.23 bits per heavy atom. The molecule has 0 unspecified atom stereocenters. The molecule has 0 aliphatic heterocycles. The van der Waals surface area contributed by atoms with E-state index in [9.17, 15) is 4.79 Å². The predicted molar refractivity (Wildman–Crippen MR) is 51.3 cm³/mol. The minimum absolute atomic E-state index is 0.0260. The zero-order valence-corrected chi connectivity index (χ0v) is 8.09. The first-order chi connectivity index (χ1) is 6.37. The van der Waals surface area contributed by atoms with Crippen LogP contribution in [-0.4, -0.2) is 11.6 Å². The van der Waals surface area contributed by atoms with E-state index in [2.05, 4.69) is 4.99 Å². The summed E-state index contributed by atoms with van der Waals surface area (Å²) in [5.74, 6) is 0.691. The van der Waals surface area contributed by atoms with Crippen LogP contribution in [0, 0.1) is 5.92 Å². The highest BCUT2D eigenvalue weighted by molar-refractivity contribution is 5.35. The third-order valence-corrected chi connectivity index (χ3v) is 3.85. The van der Waals surface area contributed by atoms with E-state index in [1.54, 1.807) is 6.08 Å². The first kappa shape index (κ1) is 8.96. The fourth-order valence-electron chi connectivity index (χ4n) is 3.15. The van der Waals surface area contributed by atoms with Crippen LogP contribution in [0.25, 0.3) is 0 Å². The molecule has 2 rings (SSSR count). The summed E-state index contributed by atoms with van der Waals surface area (Å²) in [4.78, 5) is 14.6. The van der Waals surface area contributed by atoms with Gasteiger partial charge in [-0.2, -0.15) is 4.99 Å². The molecule has 0 aromatic heterocycles. The molecule has 2 heteroatoms. The summed E-state index contributed by atoms with van der Waals surface area (Å²) in [5, 5.41) is 0. The number of nitrogens with zero attached hydrogens (tertiary/aromatic N) is 1. The zero-order chi connectivity index (χ0) is 9.15. The molecule has 2 fully saturated rings. The predicted octanol–water partition coefficient (Wildman–Crippen LogP) is 2.83. The van der Waals surface area contributed by atoms with E-state index in [-0.39, 0.29) is 5.54 Å². The largest absolute Gasteiger partial charge is 0.235 e. The van der Waals surface area contributed by atoms with E-state index in [1.807, 2.05) is 0 Å². The number of carbonyl (C=O) groups excluding carboxylic acids is 1. The lowest BCUT2D eigenvalue weighted by Gasteiger charge is -2.43. The molecule has 0 atom stereocenters. The van der Waals surface area contributed by atoms with Crippen LogP contribution in [0.2, 0.25) is 0 Å². The second-order valence-corrected chi connectivity index (χ2v) is 4.50. The third-order valence-electron chi connectivity index (χ3n) is 3.85. The van der Waals surface area contributed by atoms with Crippen molar-refractivity contribution in [3.05, 3.63) is 0 Å². The van der Waals surface area contributed by atoms with Gasteiger partial charge >= 0.3 is 0 Å². The third kappa shape index (κ3) is 1.55. The lowest BCUT2D eigenvalue weighted by Crippen LogP contribution is -2.41. The van der Waals surface area contributed by atoms with E-state index < -0.39 is 0 Å². The Labute approximate surface area is 79.4 Å². The molecule has 0 spiro atoms. The molecule has 0 amide bonds. The summed E-state index contributed by atoms with van der Waals surface area (Å²) >= 11 is 0. The number of hydrogen-bond acceptors (Lipinski definition) is 2. The summed E-state index contributed by atoms with van der Waals surface area (Å²) in [6.07, 6.45) is 11.8. The topological polar surface area (TPSA) is 29.4 Å². The SMILES string of the molecule is O=C=NC12CCCCC1CCCC2. The van der Waals surface area contributed by atoms with Crippen molar-refractivity contribution in [3.8, 4) is 0 Å². The van der Waals surface area contributed by atoms with Crippen molar-refractivity contribution in [1.82, 2.24) is 0 Å². The van der Waals surface area contributed by atoms with Gasteiger partial charge in [-0.3, -0.25) is 0 Å². The molecule has 2 aliphatic rings. The summed E-state index contributed by atoms with van der Waals surface area (Å²) in [7, 11) is 0. The average Bonchev–Trinajstić information content (AvgIpc) is 2.18. The first-order valence-corrected chi connectivity index (χ1v) is 5.46. The van der Waals surface area contributed by atoms with Crippen molar-refractivity contribution in [1.29, 1.82) is 0 Å². The molecule has 72 valence electrons. The highest BCUT2D eigenvalue weighted by atomic mass is 16.1. The van der Waals surface area contributed by atoms with Crippen molar-refractivity contribution in [2.45, 2.75) is 56.9 Å².